The van der Waals surface area contributed by atoms with Crippen LogP contribution in [0.15, 0.2) is 41.8 Å². The molecule has 0 saturated carbocycles. The number of benzene rings is 1. The van der Waals surface area contributed by atoms with Gasteiger partial charge in [-0.2, -0.15) is 9.57 Å². The van der Waals surface area contributed by atoms with Crippen LogP contribution in [0.25, 0.3) is 0 Å². The third-order valence-corrected chi connectivity index (χ3v) is 4.18. The van der Waals surface area contributed by atoms with Crippen LogP contribution in [0, 0.1) is 11.3 Å². The van der Waals surface area contributed by atoms with Crippen LogP contribution in [0.3, 0.4) is 0 Å². The minimum atomic E-state index is -3.66. The molecule has 0 aliphatic carbocycles. The molecule has 0 aromatic heterocycles. The Balaban J connectivity index is 3.09. The van der Waals surface area contributed by atoms with Crippen molar-refractivity contribution in [2.45, 2.75) is 4.90 Å². The molecule has 0 aliphatic heterocycles. The largest absolute Gasteiger partial charge is 0.395 e. The number of hydrogen-bond donors (Lipinski definition) is 1. The second-order valence-electron chi connectivity index (χ2n) is 3.51. The summed E-state index contributed by atoms with van der Waals surface area (Å²) >= 11 is 0. The highest BCUT2D eigenvalue weighted by Crippen LogP contribution is 2.16. The molecule has 1 aromatic carbocycles. The zero-order valence-electron chi connectivity index (χ0n) is 9.78. The topological polar surface area (TPSA) is 81.4 Å². The van der Waals surface area contributed by atoms with E-state index in [1.54, 1.807) is 0 Å². The van der Waals surface area contributed by atoms with Gasteiger partial charge in [-0.25, -0.2) is 8.42 Å². The summed E-state index contributed by atoms with van der Waals surface area (Å²) in [5, 5.41) is 17.5. The van der Waals surface area contributed by atoms with Crippen LogP contribution in [0.1, 0.15) is 5.56 Å². The molecular weight excluding hydrogens is 252 g/mol. The Labute approximate surface area is 107 Å². The highest BCUT2D eigenvalue weighted by Gasteiger charge is 2.22. The molecule has 18 heavy (non-hydrogen) atoms. The van der Waals surface area contributed by atoms with Crippen molar-refractivity contribution in [1.82, 2.24) is 4.31 Å². The lowest BCUT2D eigenvalue weighted by atomic mass is 10.2. The molecule has 0 unspecified atom stereocenters. The zero-order chi connectivity index (χ0) is 13.6. The van der Waals surface area contributed by atoms with E-state index in [0.717, 1.165) is 4.31 Å². The summed E-state index contributed by atoms with van der Waals surface area (Å²) in [5.41, 5.74) is 0.395. The lowest BCUT2D eigenvalue weighted by Gasteiger charge is -2.19. The van der Waals surface area contributed by atoms with E-state index in [0.29, 0.717) is 5.56 Å². The van der Waals surface area contributed by atoms with Gasteiger partial charge in [0.15, 0.2) is 0 Å². The molecule has 0 radical (unpaired) electrons. The summed E-state index contributed by atoms with van der Waals surface area (Å²) in [7, 11) is -3.66. The third kappa shape index (κ3) is 3.17. The first-order valence-corrected chi connectivity index (χ1v) is 6.72. The van der Waals surface area contributed by atoms with Crippen LogP contribution < -0.4 is 0 Å². The van der Waals surface area contributed by atoms with Gasteiger partial charge in [0.05, 0.1) is 23.1 Å². The molecule has 0 spiro atoms. The van der Waals surface area contributed by atoms with Gasteiger partial charge in [0.25, 0.3) is 0 Å². The number of nitriles is 1. The van der Waals surface area contributed by atoms with Crippen LogP contribution in [0.5, 0.6) is 0 Å². The molecule has 0 amide bonds. The first-order valence-electron chi connectivity index (χ1n) is 5.28. The average Bonchev–Trinajstić information content (AvgIpc) is 2.38. The highest BCUT2D eigenvalue weighted by molar-refractivity contribution is 7.89. The van der Waals surface area contributed by atoms with E-state index in [4.69, 9.17) is 10.4 Å². The lowest BCUT2D eigenvalue weighted by molar-refractivity contribution is 0.260. The quantitative estimate of drug-likeness (QED) is 0.769. The molecule has 5 nitrogen and oxygen atoms in total. The SMILES string of the molecule is C=CCN(CCO)S(=O)(=O)c1ccc(C#N)cc1. The van der Waals surface area contributed by atoms with Crippen molar-refractivity contribution in [2.75, 3.05) is 19.7 Å². The van der Waals surface area contributed by atoms with Crippen LogP contribution >= 0.6 is 0 Å². The molecule has 1 rings (SSSR count). The van der Waals surface area contributed by atoms with E-state index in [2.05, 4.69) is 6.58 Å². The summed E-state index contributed by atoms with van der Waals surface area (Å²) in [6, 6.07) is 7.56. The molecule has 6 heteroatoms. The van der Waals surface area contributed by atoms with Gasteiger partial charge in [0.1, 0.15) is 0 Å². The predicted molar refractivity (Wildman–Crippen MR) is 67.2 cm³/mol. The van der Waals surface area contributed by atoms with Crippen LogP contribution in [0.4, 0.5) is 0 Å². The maximum Gasteiger partial charge on any atom is 0.243 e. The molecule has 0 saturated heterocycles. The fraction of sp³-hybridized carbons (Fsp3) is 0.250. The Hall–Kier alpha value is -1.68. The van der Waals surface area contributed by atoms with Gasteiger partial charge < -0.3 is 5.11 Å². The number of rotatable bonds is 6. The molecule has 1 N–H and O–H groups in total. The normalized spacial score (nSPS) is 11.2. The standard InChI is InChI=1S/C12H14N2O3S/c1-2-7-14(8-9-15)18(16,17)12-5-3-11(10-13)4-6-12/h2-6,15H,1,7-9H2. The summed E-state index contributed by atoms with van der Waals surface area (Å²) in [4.78, 5) is 0.0943. The van der Waals surface area contributed by atoms with Gasteiger partial charge in [-0.3, -0.25) is 0 Å². The van der Waals surface area contributed by atoms with E-state index >= 15 is 0 Å². The number of aliphatic hydroxyl groups excluding tert-OH is 1. The molecule has 0 atom stereocenters. The van der Waals surface area contributed by atoms with Crippen molar-refractivity contribution in [2.24, 2.45) is 0 Å². The van der Waals surface area contributed by atoms with Gasteiger partial charge >= 0.3 is 0 Å². The fourth-order valence-corrected chi connectivity index (χ4v) is 2.82. The maximum atomic E-state index is 12.2. The number of nitrogens with zero attached hydrogens (tertiary/aromatic N) is 2. The molecule has 0 bridgehead atoms. The van der Waals surface area contributed by atoms with Crippen LogP contribution in [-0.2, 0) is 10.0 Å². The second kappa shape index (κ2) is 6.31. The molecular formula is C12H14N2O3S. The molecule has 0 fully saturated rings. The maximum absolute atomic E-state index is 12.2. The molecule has 1 aromatic rings. The second-order valence-corrected chi connectivity index (χ2v) is 5.45. The van der Waals surface area contributed by atoms with Gasteiger partial charge in [-0.05, 0) is 24.3 Å². The molecule has 96 valence electrons. The van der Waals surface area contributed by atoms with Gasteiger partial charge in [-0.15, -0.1) is 6.58 Å². The van der Waals surface area contributed by atoms with Gasteiger partial charge in [-0.1, -0.05) is 6.08 Å². The van der Waals surface area contributed by atoms with E-state index in [1.165, 1.54) is 30.3 Å². The number of aliphatic hydroxyl groups is 1. The van der Waals surface area contributed by atoms with Crippen LogP contribution in [0.2, 0.25) is 0 Å². The minimum absolute atomic E-state index is 0.00829. The van der Waals surface area contributed by atoms with Gasteiger partial charge in [0.2, 0.25) is 10.0 Å². The number of hydrogen-bond acceptors (Lipinski definition) is 4. The highest BCUT2D eigenvalue weighted by atomic mass is 32.2. The lowest BCUT2D eigenvalue weighted by Crippen LogP contribution is -2.33. The molecule has 0 heterocycles. The Morgan fingerprint density at radius 1 is 1.39 bits per heavy atom. The first-order chi connectivity index (χ1) is 8.56. The predicted octanol–water partition coefficient (Wildman–Crippen LogP) is 0.727. The van der Waals surface area contributed by atoms with E-state index < -0.39 is 10.0 Å². The van der Waals surface area contributed by atoms with Crippen molar-refractivity contribution < 1.29 is 13.5 Å². The van der Waals surface area contributed by atoms with Crippen molar-refractivity contribution in [3.05, 3.63) is 42.5 Å². The first kappa shape index (κ1) is 14.4. The van der Waals surface area contributed by atoms with E-state index in [9.17, 15) is 8.42 Å². The van der Waals surface area contributed by atoms with Crippen LogP contribution in [-0.4, -0.2) is 37.5 Å². The fourth-order valence-electron chi connectivity index (χ4n) is 1.42. The Morgan fingerprint density at radius 2 is 2.00 bits per heavy atom. The monoisotopic (exact) mass is 266 g/mol. The van der Waals surface area contributed by atoms with Crippen molar-refractivity contribution in [3.8, 4) is 6.07 Å². The van der Waals surface area contributed by atoms with E-state index in [-0.39, 0.29) is 24.6 Å². The molecule has 0 aliphatic rings. The minimum Gasteiger partial charge on any atom is -0.395 e. The summed E-state index contributed by atoms with van der Waals surface area (Å²) in [5.74, 6) is 0. The zero-order valence-corrected chi connectivity index (χ0v) is 10.6. The number of sulfonamides is 1. The smallest absolute Gasteiger partial charge is 0.243 e. The van der Waals surface area contributed by atoms with Crippen molar-refractivity contribution in [1.29, 1.82) is 5.26 Å². The summed E-state index contributed by atoms with van der Waals surface area (Å²) in [6.07, 6.45) is 1.46. The average molecular weight is 266 g/mol. The Kier molecular flexibility index (Phi) is 5.04. The summed E-state index contributed by atoms with van der Waals surface area (Å²) < 4.78 is 25.5. The summed E-state index contributed by atoms with van der Waals surface area (Å²) in [6.45, 7) is 3.36. The van der Waals surface area contributed by atoms with E-state index in [1.807, 2.05) is 6.07 Å². The third-order valence-electron chi connectivity index (χ3n) is 2.30. The van der Waals surface area contributed by atoms with Crippen molar-refractivity contribution in [3.63, 3.8) is 0 Å². The van der Waals surface area contributed by atoms with Crippen molar-refractivity contribution >= 4 is 10.0 Å². The van der Waals surface area contributed by atoms with Gasteiger partial charge in [0, 0.05) is 13.1 Å². The Morgan fingerprint density at radius 3 is 2.44 bits per heavy atom. The Bertz CT molecular complexity index is 544.